The van der Waals surface area contributed by atoms with Gasteiger partial charge in [0.15, 0.2) is 0 Å². The number of carbonyl (C=O) groups excluding carboxylic acids is 1. The number of hydrogen-bond donors (Lipinski definition) is 1. The molecule has 0 saturated heterocycles. The first-order chi connectivity index (χ1) is 7.13. The smallest absolute Gasteiger partial charge is 0.217 e. The fraction of sp³-hybridized carbons (Fsp3) is 0.250. The van der Waals surface area contributed by atoms with Crippen LogP contribution in [0.2, 0.25) is 0 Å². The van der Waals surface area contributed by atoms with Crippen molar-refractivity contribution in [1.82, 2.24) is 5.32 Å². The maximum atomic E-state index is 10.7. The van der Waals surface area contributed by atoms with E-state index < -0.39 is 0 Å². The molecule has 1 amide bonds. The van der Waals surface area contributed by atoms with Crippen molar-refractivity contribution in [3.8, 4) is 0 Å². The molecule has 0 aromatic heterocycles. The Bertz CT molecular complexity index is 356. The van der Waals surface area contributed by atoms with Crippen molar-refractivity contribution in [2.24, 2.45) is 0 Å². The maximum absolute atomic E-state index is 10.7. The molecule has 0 aliphatic heterocycles. The van der Waals surface area contributed by atoms with E-state index in [0.29, 0.717) is 6.54 Å². The molecule has 0 saturated carbocycles. The highest BCUT2D eigenvalue weighted by molar-refractivity contribution is 8.07. The number of amides is 1. The number of carbonyl (C=O) groups is 1. The average Bonchev–Trinajstić information content (AvgIpc) is 2.26. The molecule has 2 nitrogen and oxygen atoms in total. The molecule has 0 radical (unpaired) electrons. The van der Waals surface area contributed by atoms with Gasteiger partial charge in [-0.25, -0.2) is 0 Å². The van der Waals surface area contributed by atoms with Crippen molar-refractivity contribution >= 4 is 22.6 Å². The first-order valence-electron chi connectivity index (χ1n) is 4.70. The average molecular weight is 221 g/mol. The van der Waals surface area contributed by atoms with Crippen LogP contribution in [-0.2, 0) is 11.3 Å². The molecular weight excluding hydrogens is 206 g/mol. The Kier molecular flexibility index (Phi) is 4.43. The molecule has 1 aromatic carbocycles. The van der Waals surface area contributed by atoms with Crippen molar-refractivity contribution < 1.29 is 4.79 Å². The highest BCUT2D eigenvalue weighted by Gasteiger charge is 1.98. The van der Waals surface area contributed by atoms with Crippen LogP contribution in [0.1, 0.15) is 18.1 Å². The van der Waals surface area contributed by atoms with E-state index in [1.54, 1.807) is 11.8 Å². The summed E-state index contributed by atoms with van der Waals surface area (Å²) in [5.74, 6) is -0.00685. The van der Waals surface area contributed by atoms with E-state index in [4.69, 9.17) is 0 Å². The quantitative estimate of drug-likeness (QED) is 0.847. The topological polar surface area (TPSA) is 29.1 Å². The standard InChI is InChI=1S/C12H15NOS/c1-9(15-3)12-6-4-11(5-7-12)8-13-10(2)14/h4-7H,1,8H2,2-3H3,(H,13,14). The minimum atomic E-state index is -0.00685. The van der Waals surface area contributed by atoms with Crippen LogP contribution in [0, 0.1) is 0 Å². The Morgan fingerprint density at radius 3 is 2.47 bits per heavy atom. The van der Waals surface area contributed by atoms with Crippen LogP contribution in [0.4, 0.5) is 0 Å². The summed E-state index contributed by atoms with van der Waals surface area (Å²) in [6.45, 7) is 6.04. The summed E-state index contributed by atoms with van der Waals surface area (Å²) < 4.78 is 0. The Labute approximate surface area is 94.8 Å². The SMILES string of the molecule is C=C(SC)c1ccc(CNC(C)=O)cc1. The molecule has 1 N–H and O–H groups in total. The van der Waals surface area contributed by atoms with E-state index in [2.05, 4.69) is 11.9 Å². The summed E-state index contributed by atoms with van der Waals surface area (Å²) in [4.78, 5) is 11.8. The summed E-state index contributed by atoms with van der Waals surface area (Å²) in [7, 11) is 0. The van der Waals surface area contributed by atoms with Gasteiger partial charge in [-0.3, -0.25) is 4.79 Å². The second-order valence-corrected chi connectivity index (χ2v) is 4.14. The van der Waals surface area contributed by atoms with E-state index in [9.17, 15) is 4.79 Å². The third kappa shape index (κ3) is 3.80. The normalized spacial score (nSPS) is 9.73. The van der Waals surface area contributed by atoms with E-state index >= 15 is 0 Å². The molecule has 0 heterocycles. The second kappa shape index (κ2) is 5.61. The predicted octanol–water partition coefficient (Wildman–Crippen LogP) is 2.66. The molecule has 0 spiro atoms. The zero-order valence-electron chi connectivity index (χ0n) is 9.04. The minimum Gasteiger partial charge on any atom is -0.352 e. The van der Waals surface area contributed by atoms with Gasteiger partial charge in [0.1, 0.15) is 0 Å². The predicted molar refractivity (Wildman–Crippen MR) is 66.5 cm³/mol. The molecule has 0 bridgehead atoms. The summed E-state index contributed by atoms with van der Waals surface area (Å²) in [5.41, 5.74) is 2.23. The summed E-state index contributed by atoms with van der Waals surface area (Å²) >= 11 is 1.64. The number of nitrogens with one attached hydrogen (secondary N) is 1. The van der Waals surface area contributed by atoms with Gasteiger partial charge in [-0.15, -0.1) is 11.8 Å². The van der Waals surface area contributed by atoms with Crippen LogP contribution in [-0.4, -0.2) is 12.2 Å². The van der Waals surface area contributed by atoms with Crippen molar-refractivity contribution in [3.05, 3.63) is 42.0 Å². The van der Waals surface area contributed by atoms with Gasteiger partial charge in [-0.2, -0.15) is 0 Å². The molecule has 3 heteroatoms. The van der Waals surface area contributed by atoms with E-state index in [0.717, 1.165) is 16.0 Å². The fourth-order valence-electron chi connectivity index (χ4n) is 1.15. The molecule has 80 valence electrons. The van der Waals surface area contributed by atoms with Crippen LogP contribution in [0.3, 0.4) is 0 Å². The van der Waals surface area contributed by atoms with Gasteiger partial charge in [-0.1, -0.05) is 30.8 Å². The molecule has 0 aliphatic rings. The summed E-state index contributed by atoms with van der Waals surface area (Å²) in [6.07, 6.45) is 2.01. The number of rotatable bonds is 4. The second-order valence-electron chi connectivity index (χ2n) is 3.23. The third-order valence-corrected chi connectivity index (χ3v) is 2.79. The molecule has 0 unspecified atom stereocenters. The van der Waals surface area contributed by atoms with Crippen LogP contribution < -0.4 is 5.32 Å². The highest BCUT2D eigenvalue weighted by Crippen LogP contribution is 2.22. The summed E-state index contributed by atoms with van der Waals surface area (Å²) in [5, 5.41) is 2.76. The molecule has 0 atom stereocenters. The lowest BCUT2D eigenvalue weighted by Gasteiger charge is -2.05. The van der Waals surface area contributed by atoms with Gasteiger partial charge in [0.05, 0.1) is 0 Å². The van der Waals surface area contributed by atoms with Crippen molar-refractivity contribution in [1.29, 1.82) is 0 Å². The largest absolute Gasteiger partial charge is 0.352 e. The van der Waals surface area contributed by atoms with Gasteiger partial charge >= 0.3 is 0 Å². The lowest BCUT2D eigenvalue weighted by atomic mass is 10.1. The Morgan fingerprint density at radius 2 is 2.00 bits per heavy atom. The van der Waals surface area contributed by atoms with Crippen molar-refractivity contribution in [2.45, 2.75) is 13.5 Å². The number of hydrogen-bond acceptors (Lipinski definition) is 2. The number of thioether (sulfide) groups is 1. The van der Waals surface area contributed by atoms with Gasteiger partial charge in [-0.05, 0) is 17.4 Å². The van der Waals surface area contributed by atoms with Gasteiger partial charge in [0.25, 0.3) is 0 Å². The molecule has 15 heavy (non-hydrogen) atoms. The Morgan fingerprint density at radius 1 is 1.40 bits per heavy atom. The maximum Gasteiger partial charge on any atom is 0.217 e. The van der Waals surface area contributed by atoms with Crippen LogP contribution in [0.25, 0.3) is 4.91 Å². The lowest BCUT2D eigenvalue weighted by molar-refractivity contribution is -0.119. The molecule has 1 rings (SSSR count). The molecule has 0 fully saturated rings. The monoisotopic (exact) mass is 221 g/mol. The van der Waals surface area contributed by atoms with E-state index in [-0.39, 0.29) is 5.91 Å². The Balaban J connectivity index is 2.64. The zero-order valence-corrected chi connectivity index (χ0v) is 9.86. The zero-order chi connectivity index (χ0) is 11.3. The minimum absolute atomic E-state index is 0.00685. The lowest BCUT2D eigenvalue weighted by Crippen LogP contribution is -2.18. The van der Waals surface area contributed by atoms with E-state index in [1.807, 2.05) is 30.5 Å². The molecule has 0 aliphatic carbocycles. The van der Waals surface area contributed by atoms with Gasteiger partial charge in [0.2, 0.25) is 5.91 Å². The highest BCUT2D eigenvalue weighted by atomic mass is 32.2. The van der Waals surface area contributed by atoms with Crippen molar-refractivity contribution in [2.75, 3.05) is 6.26 Å². The third-order valence-electron chi connectivity index (χ3n) is 2.06. The number of benzene rings is 1. The summed E-state index contributed by atoms with van der Waals surface area (Å²) in [6, 6.07) is 8.06. The van der Waals surface area contributed by atoms with Crippen LogP contribution >= 0.6 is 11.8 Å². The van der Waals surface area contributed by atoms with Crippen molar-refractivity contribution in [3.63, 3.8) is 0 Å². The van der Waals surface area contributed by atoms with Crippen LogP contribution in [0.15, 0.2) is 30.8 Å². The van der Waals surface area contributed by atoms with Crippen LogP contribution in [0.5, 0.6) is 0 Å². The fourth-order valence-corrected chi connectivity index (χ4v) is 1.52. The van der Waals surface area contributed by atoms with Gasteiger partial charge in [0, 0.05) is 18.4 Å². The molecular formula is C12H15NOS. The Hall–Kier alpha value is -1.22. The first kappa shape index (κ1) is 11.9. The molecule has 1 aromatic rings. The van der Waals surface area contributed by atoms with E-state index in [1.165, 1.54) is 6.92 Å². The van der Waals surface area contributed by atoms with Gasteiger partial charge < -0.3 is 5.32 Å². The first-order valence-corrected chi connectivity index (χ1v) is 5.92.